The average molecular weight is 447 g/mol. The van der Waals surface area contributed by atoms with E-state index in [1.54, 1.807) is 38.1 Å². The van der Waals surface area contributed by atoms with Gasteiger partial charge in [-0.05, 0) is 35.7 Å². The molecule has 3 N–H and O–H groups in total. The topological polar surface area (TPSA) is 130 Å². The monoisotopic (exact) mass is 446 g/mol. The SMILES string of the molecule is CC(=O)Nc1cccc(CNC(=O)C(NC(=O)c2ccc(Cl)c([N+](=O)[O-])c2)C(C)C)c1. The van der Waals surface area contributed by atoms with E-state index in [0.717, 1.165) is 11.6 Å². The average Bonchev–Trinajstić information content (AvgIpc) is 2.69. The third-order valence-corrected chi connectivity index (χ3v) is 4.67. The molecule has 2 rings (SSSR count). The van der Waals surface area contributed by atoms with Crippen LogP contribution in [-0.2, 0) is 16.1 Å². The smallest absolute Gasteiger partial charge is 0.288 e. The van der Waals surface area contributed by atoms with Crippen molar-refractivity contribution in [1.82, 2.24) is 10.6 Å². The molecule has 0 saturated heterocycles. The van der Waals surface area contributed by atoms with E-state index in [1.165, 1.54) is 19.1 Å². The highest BCUT2D eigenvalue weighted by molar-refractivity contribution is 6.32. The molecule has 0 fully saturated rings. The number of hydrogen-bond donors (Lipinski definition) is 3. The van der Waals surface area contributed by atoms with Crippen LogP contribution in [0.5, 0.6) is 0 Å². The summed E-state index contributed by atoms with van der Waals surface area (Å²) in [4.78, 5) is 46.8. The number of amides is 3. The number of nitro groups is 1. The van der Waals surface area contributed by atoms with Gasteiger partial charge in [-0.2, -0.15) is 0 Å². The minimum Gasteiger partial charge on any atom is -0.350 e. The highest BCUT2D eigenvalue weighted by Crippen LogP contribution is 2.25. The summed E-state index contributed by atoms with van der Waals surface area (Å²) in [5, 5.41) is 19.0. The molecule has 1 unspecified atom stereocenters. The van der Waals surface area contributed by atoms with E-state index in [4.69, 9.17) is 11.6 Å². The molecule has 0 bridgehead atoms. The number of carbonyl (C=O) groups excluding carboxylic acids is 3. The van der Waals surface area contributed by atoms with Crippen LogP contribution in [0, 0.1) is 16.0 Å². The van der Waals surface area contributed by atoms with Gasteiger partial charge < -0.3 is 16.0 Å². The number of carbonyl (C=O) groups is 3. The van der Waals surface area contributed by atoms with Crippen molar-refractivity contribution >= 4 is 40.7 Å². The molecule has 2 aromatic carbocycles. The van der Waals surface area contributed by atoms with Crippen molar-refractivity contribution in [3.63, 3.8) is 0 Å². The Morgan fingerprint density at radius 3 is 2.45 bits per heavy atom. The summed E-state index contributed by atoms with van der Waals surface area (Å²) in [7, 11) is 0. The molecule has 0 heterocycles. The van der Waals surface area contributed by atoms with Gasteiger partial charge in [-0.3, -0.25) is 24.5 Å². The molecule has 2 aromatic rings. The molecule has 3 amide bonds. The zero-order valence-corrected chi connectivity index (χ0v) is 18.0. The highest BCUT2D eigenvalue weighted by atomic mass is 35.5. The first-order valence-electron chi connectivity index (χ1n) is 9.47. The summed E-state index contributed by atoms with van der Waals surface area (Å²) in [5.41, 5.74) is 1.01. The summed E-state index contributed by atoms with van der Waals surface area (Å²) in [6.07, 6.45) is 0. The Balaban J connectivity index is 2.07. The molecule has 0 aromatic heterocycles. The lowest BCUT2D eigenvalue weighted by molar-refractivity contribution is -0.384. The second kappa shape index (κ2) is 10.5. The van der Waals surface area contributed by atoms with Crippen LogP contribution in [0.2, 0.25) is 5.02 Å². The molecule has 10 heteroatoms. The molecular weight excluding hydrogens is 424 g/mol. The van der Waals surface area contributed by atoms with Gasteiger partial charge in [0, 0.05) is 30.8 Å². The molecule has 0 saturated carbocycles. The summed E-state index contributed by atoms with van der Waals surface area (Å²) in [6.45, 7) is 5.13. The number of anilines is 1. The number of nitrogens with zero attached hydrogens (tertiary/aromatic N) is 1. The number of rotatable bonds is 8. The normalized spacial score (nSPS) is 11.5. The van der Waals surface area contributed by atoms with Gasteiger partial charge >= 0.3 is 0 Å². The molecule has 9 nitrogen and oxygen atoms in total. The van der Waals surface area contributed by atoms with E-state index in [9.17, 15) is 24.5 Å². The minimum atomic E-state index is -0.860. The first kappa shape index (κ1) is 23.8. The largest absolute Gasteiger partial charge is 0.350 e. The van der Waals surface area contributed by atoms with Gasteiger partial charge in [0.15, 0.2) is 0 Å². The van der Waals surface area contributed by atoms with E-state index in [2.05, 4.69) is 16.0 Å². The Labute approximate surface area is 184 Å². The van der Waals surface area contributed by atoms with E-state index >= 15 is 0 Å². The lowest BCUT2D eigenvalue weighted by Gasteiger charge is -2.22. The standard InChI is InChI=1S/C21H23ClN4O5/c1-12(2)19(25-20(28)15-7-8-17(22)18(10-15)26(30)31)21(29)23-11-14-5-4-6-16(9-14)24-13(3)27/h4-10,12,19H,11H2,1-3H3,(H,23,29)(H,24,27)(H,25,28). The maximum Gasteiger partial charge on any atom is 0.288 e. The molecule has 164 valence electrons. The predicted octanol–water partition coefficient (Wildman–Crippen LogP) is 3.28. The van der Waals surface area contributed by atoms with Gasteiger partial charge in [0.05, 0.1) is 4.92 Å². The molecular formula is C21H23ClN4O5. The summed E-state index contributed by atoms with van der Waals surface area (Å²) >= 11 is 5.78. The third-order valence-electron chi connectivity index (χ3n) is 4.35. The Kier molecular flexibility index (Phi) is 8.09. The first-order chi connectivity index (χ1) is 14.6. The molecule has 0 aliphatic rings. The summed E-state index contributed by atoms with van der Waals surface area (Å²) in [5.74, 6) is -1.47. The van der Waals surface area contributed by atoms with Crippen LogP contribution >= 0.6 is 11.6 Å². The minimum absolute atomic E-state index is 0.0255. The molecule has 0 spiro atoms. The van der Waals surface area contributed by atoms with Crippen LogP contribution in [0.3, 0.4) is 0 Å². The Hall–Kier alpha value is -3.46. The van der Waals surface area contributed by atoms with E-state index < -0.39 is 22.8 Å². The molecule has 0 radical (unpaired) electrons. The Bertz CT molecular complexity index is 1010. The van der Waals surface area contributed by atoms with Crippen molar-refractivity contribution in [2.75, 3.05) is 5.32 Å². The maximum atomic E-state index is 12.7. The van der Waals surface area contributed by atoms with Crippen molar-refractivity contribution in [1.29, 1.82) is 0 Å². The van der Waals surface area contributed by atoms with E-state index in [0.29, 0.717) is 5.69 Å². The van der Waals surface area contributed by atoms with E-state index in [-0.39, 0.29) is 34.6 Å². The fraction of sp³-hybridized carbons (Fsp3) is 0.286. The van der Waals surface area contributed by atoms with Crippen molar-refractivity contribution < 1.29 is 19.3 Å². The third kappa shape index (κ3) is 6.78. The van der Waals surface area contributed by atoms with Crippen molar-refractivity contribution in [2.24, 2.45) is 5.92 Å². The van der Waals surface area contributed by atoms with Crippen molar-refractivity contribution in [2.45, 2.75) is 33.4 Å². The van der Waals surface area contributed by atoms with Gasteiger partial charge in [-0.25, -0.2) is 0 Å². The fourth-order valence-electron chi connectivity index (χ4n) is 2.81. The molecule has 31 heavy (non-hydrogen) atoms. The van der Waals surface area contributed by atoms with E-state index in [1.807, 2.05) is 0 Å². The molecule has 0 aliphatic carbocycles. The maximum absolute atomic E-state index is 12.7. The van der Waals surface area contributed by atoms with Crippen LogP contribution in [0.1, 0.15) is 36.7 Å². The van der Waals surface area contributed by atoms with Crippen molar-refractivity contribution in [3.8, 4) is 0 Å². The van der Waals surface area contributed by atoms with Gasteiger partial charge in [0.2, 0.25) is 11.8 Å². The fourth-order valence-corrected chi connectivity index (χ4v) is 3.00. The van der Waals surface area contributed by atoms with Gasteiger partial charge in [0.25, 0.3) is 11.6 Å². The highest BCUT2D eigenvalue weighted by Gasteiger charge is 2.25. The van der Waals surface area contributed by atoms with Gasteiger partial charge in [-0.1, -0.05) is 37.6 Å². The van der Waals surface area contributed by atoms with Crippen molar-refractivity contribution in [3.05, 3.63) is 68.7 Å². The second-order valence-corrected chi connectivity index (χ2v) is 7.63. The number of hydrogen-bond acceptors (Lipinski definition) is 5. The Morgan fingerprint density at radius 2 is 1.84 bits per heavy atom. The zero-order valence-electron chi connectivity index (χ0n) is 17.3. The Morgan fingerprint density at radius 1 is 1.13 bits per heavy atom. The number of nitrogens with one attached hydrogen (secondary N) is 3. The quantitative estimate of drug-likeness (QED) is 0.423. The van der Waals surface area contributed by atoms with Gasteiger partial charge in [-0.15, -0.1) is 0 Å². The zero-order chi connectivity index (χ0) is 23.1. The number of benzene rings is 2. The van der Waals surface area contributed by atoms with Crippen LogP contribution in [0.25, 0.3) is 0 Å². The van der Waals surface area contributed by atoms with Gasteiger partial charge in [0.1, 0.15) is 11.1 Å². The van der Waals surface area contributed by atoms with Crippen LogP contribution < -0.4 is 16.0 Å². The first-order valence-corrected chi connectivity index (χ1v) is 9.85. The lowest BCUT2D eigenvalue weighted by atomic mass is 10.0. The second-order valence-electron chi connectivity index (χ2n) is 7.22. The summed E-state index contributed by atoms with van der Waals surface area (Å²) in [6, 6.07) is 9.84. The van der Waals surface area contributed by atoms with Crippen LogP contribution in [0.4, 0.5) is 11.4 Å². The predicted molar refractivity (Wildman–Crippen MR) is 117 cm³/mol. The lowest BCUT2D eigenvalue weighted by Crippen LogP contribution is -2.49. The van der Waals surface area contributed by atoms with Crippen LogP contribution in [0.15, 0.2) is 42.5 Å². The summed E-state index contributed by atoms with van der Waals surface area (Å²) < 4.78 is 0. The van der Waals surface area contributed by atoms with Crippen LogP contribution in [-0.4, -0.2) is 28.7 Å². The number of nitro benzene ring substituents is 1. The molecule has 1 atom stereocenters. The number of halogens is 1. The molecule has 0 aliphatic heterocycles.